The lowest BCUT2D eigenvalue weighted by Gasteiger charge is -2.13. The van der Waals surface area contributed by atoms with Crippen molar-refractivity contribution in [3.63, 3.8) is 0 Å². The Labute approximate surface area is 150 Å². The van der Waals surface area contributed by atoms with Crippen LogP contribution in [-0.2, 0) is 16.0 Å². The van der Waals surface area contributed by atoms with E-state index in [0.717, 1.165) is 16.2 Å². The highest BCUT2D eigenvalue weighted by molar-refractivity contribution is 7.98. The molecule has 6 nitrogen and oxygen atoms in total. The summed E-state index contributed by atoms with van der Waals surface area (Å²) in [6, 6.07) is 6.34. The van der Waals surface area contributed by atoms with E-state index in [1.165, 1.54) is 0 Å². The Balaban J connectivity index is 1.76. The third kappa shape index (κ3) is 5.14. The van der Waals surface area contributed by atoms with Gasteiger partial charge in [0.2, 0.25) is 5.91 Å². The number of carbonyl (C=O) groups excluding carboxylic acids is 3. The van der Waals surface area contributed by atoms with Crippen molar-refractivity contribution < 1.29 is 14.4 Å². The normalized spacial score (nSPS) is 17.1. The van der Waals surface area contributed by atoms with Gasteiger partial charge in [0.1, 0.15) is 12.6 Å². The fourth-order valence-electron chi connectivity index (χ4n) is 2.35. The summed E-state index contributed by atoms with van der Waals surface area (Å²) in [4.78, 5) is 36.9. The monoisotopic (exact) mass is 369 g/mol. The molecule has 24 heavy (non-hydrogen) atoms. The van der Waals surface area contributed by atoms with Gasteiger partial charge >= 0.3 is 6.03 Å². The zero-order valence-electron chi connectivity index (χ0n) is 13.4. The lowest BCUT2D eigenvalue weighted by molar-refractivity contribution is -0.132. The van der Waals surface area contributed by atoms with Gasteiger partial charge in [-0.2, -0.15) is 11.8 Å². The minimum atomic E-state index is -0.521. The molecule has 0 aliphatic carbocycles. The zero-order chi connectivity index (χ0) is 17.5. The summed E-state index contributed by atoms with van der Waals surface area (Å²) in [6.45, 7) is 0.182. The van der Waals surface area contributed by atoms with Crippen molar-refractivity contribution in [3.05, 3.63) is 34.9 Å². The maximum atomic E-state index is 12.1. The first-order valence-electron chi connectivity index (χ1n) is 7.63. The Morgan fingerprint density at radius 3 is 2.71 bits per heavy atom. The van der Waals surface area contributed by atoms with Gasteiger partial charge in [-0.05, 0) is 42.5 Å². The van der Waals surface area contributed by atoms with E-state index in [0.29, 0.717) is 24.4 Å². The van der Waals surface area contributed by atoms with E-state index in [9.17, 15) is 14.4 Å². The van der Waals surface area contributed by atoms with Crippen molar-refractivity contribution in [2.45, 2.75) is 18.9 Å². The van der Waals surface area contributed by atoms with Crippen LogP contribution in [0.4, 0.5) is 4.79 Å². The average Bonchev–Trinajstić information content (AvgIpc) is 2.82. The number of carbonyl (C=O) groups is 3. The molecule has 0 spiro atoms. The van der Waals surface area contributed by atoms with Gasteiger partial charge in [-0.25, -0.2) is 4.79 Å². The number of rotatable bonds is 8. The number of hydrogen-bond acceptors (Lipinski definition) is 4. The van der Waals surface area contributed by atoms with Crippen molar-refractivity contribution in [2.75, 3.05) is 25.1 Å². The quantitative estimate of drug-likeness (QED) is 0.683. The number of thioether (sulfide) groups is 1. The first kappa shape index (κ1) is 18.6. The van der Waals surface area contributed by atoms with E-state index in [2.05, 4.69) is 10.6 Å². The van der Waals surface area contributed by atoms with Crippen LogP contribution in [0.1, 0.15) is 12.0 Å². The van der Waals surface area contributed by atoms with Crippen molar-refractivity contribution in [1.82, 2.24) is 15.5 Å². The van der Waals surface area contributed by atoms with Crippen LogP contribution in [0.2, 0.25) is 5.02 Å². The molecule has 1 saturated heterocycles. The molecule has 2 rings (SSSR count). The lowest BCUT2D eigenvalue weighted by atomic mass is 10.1. The molecule has 2 N–H and O–H groups in total. The largest absolute Gasteiger partial charge is 0.354 e. The molecule has 1 heterocycles. The maximum absolute atomic E-state index is 12.1. The van der Waals surface area contributed by atoms with Gasteiger partial charge in [-0.1, -0.05) is 23.7 Å². The van der Waals surface area contributed by atoms with Gasteiger partial charge in [0.05, 0.1) is 0 Å². The van der Waals surface area contributed by atoms with Gasteiger partial charge < -0.3 is 10.6 Å². The summed E-state index contributed by atoms with van der Waals surface area (Å²) >= 11 is 7.42. The molecule has 1 aliphatic rings. The molecule has 0 bridgehead atoms. The van der Waals surface area contributed by atoms with E-state index in [1.54, 1.807) is 23.9 Å². The van der Waals surface area contributed by atoms with E-state index in [1.807, 2.05) is 18.4 Å². The molecule has 4 amide bonds. The summed E-state index contributed by atoms with van der Waals surface area (Å²) in [5.41, 5.74) is 1.05. The zero-order valence-corrected chi connectivity index (χ0v) is 15.0. The van der Waals surface area contributed by atoms with E-state index < -0.39 is 12.1 Å². The van der Waals surface area contributed by atoms with Crippen LogP contribution in [0.5, 0.6) is 0 Å². The second-order valence-electron chi connectivity index (χ2n) is 5.43. The summed E-state index contributed by atoms with van der Waals surface area (Å²) in [6.07, 6.45) is 3.16. The maximum Gasteiger partial charge on any atom is 0.325 e. The number of hydrogen-bond donors (Lipinski definition) is 2. The molecule has 0 saturated carbocycles. The molecule has 1 aliphatic heterocycles. The molecule has 0 aromatic heterocycles. The molecule has 1 fully saturated rings. The minimum absolute atomic E-state index is 0.249. The molecular formula is C16H20ClN3O3S. The fraction of sp³-hybridized carbons (Fsp3) is 0.438. The molecule has 1 aromatic rings. The summed E-state index contributed by atoms with van der Waals surface area (Å²) in [5, 5.41) is 6.00. The highest BCUT2D eigenvalue weighted by Gasteiger charge is 2.38. The summed E-state index contributed by atoms with van der Waals surface area (Å²) < 4.78 is 0. The van der Waals surface area contributed by atoms with Crippen LogP contribution in [0.15, 0.2) is 24.3 Å². The molecular weight excluding hydrogens is 350 g/mol. The van der Waals surface area contributed by atoms with Gasteiger partial charge in [0.25, 0.3) is 5.91 Å². The van der Waals surface area contributed by atoms with Gasteiger partial charge in [0.15, 0.2) is 0 Å². The van der Waals surface area contributed by atoms with Crippen LogP contribution in [-0.4, -0.2) is 53.9 Å². The number of nitrogens with one attached hydrogen (secondary N) is 2. The number of urea groups is 1. The molecule has 0 unspecified atom stereocenters. The van der Waals surface area contributed by atoms with Gasteiger partial charge in [0, 0.05) is 11.6 Å². The first-order valence-corrected chi connectivity index (χ1v) is 9.40. The van der Waals surface area contributed by atoms with Crippen LogP contribution >= 0.6 is 23.4 Å². The Hall–Kier alpha value is -1.73. The number of benzene rings is 1. The standard InChI is InChI=1S/C16H20ClN3O3S/c1-24-9-7-13-15(22)20(16(23)19-13)10-14(21)18-8-6-11-2-4-12(17)5-3-11/h2-5,13H,6-10H2,1H3,(H,18,21)(H,19,23)/t13-/m1/s1. The molecule has 1 atom stereocenters. The number of amides is 4. The van der Waals surface area contributed by atoms with Crippen molar-refractivity contribution in [1.29, 1.82) is 0 Å². The summed E-state index contributed by atoms with van der Waals surface area (Å²) in [5.74, 6) is 0.0949. The number of nitrogens with zero attached hydrogens (tertiary/aromatic N) is 1. The second kappa shape index (κ2) is 8.94. The van der Waals surface area contributed by atoms with Crippen LogP contribution in [0.25, 0.3) is 0 Å². The van der Waals surface area contributed by atoms with Gasteiger partial charge in [-0.3, -0.25) is 14.5 Å². The molecule has 1 aromatic carbocycles. The third-order valence-electron chi connectivity index (χ3n) is 3.67. The van der Waals surface area contributed by atoms with Crippen molar-refractivity contribution in [2.24, 2.45) is 0 Å². The first-order chi connectivity index (χ1) is 11.5. The predicted molar refractivity (Wildman–Crippen MR) is 95.2 cm³/mol. The molecule has 8 heteroatoms. The van der Waals surface area contributed by atoms with Crippen LogP contribution < -0.4 is 10.6 Å². The number of imide groups is 1. The van der Waals surface area contributed by atoms with Crippen LogP contribution in [0, 0.1) is 0 Å². The van der Waals surface area contributed by atoms with E-state index in [4.69, 9.17) is 11.6 Å². The minimum Gasteiger partial charge on any atom is -0.354 e. The Bertz CT molecular complexity index is 609. The smallest absolute Gasteiger partial charge is 0.325 e. The lowest BCUT2D eigenvalue weighted by Crippen LogP contribution is -2.41. The average molecular weight is 370 g/mol. The Kier molecular flexibility index (Phi) is 6.93. The van der Waals surface area contributed by atoms with Crippen molar-refractivity contribution in [3.8, 4) is 0 Å². The Morgan fingerprint density at radius 2 is 2.04 bits per heavy atom. The van der Waals surface area contributed by atoms with Crippen LogP contribution in [0.3, 0.4) is 0 Å². The van der Waals surface area contributed by atoms with Crippen molar-refractivity contribution >= 4 is 41.2 Å². The number of halogens is 1. The summed E-state index contributed by atoms with van der Waals surface area (Å²) in [7, 11) is 0. The van der Waals surface area contributed by atoms with E-state index >= 15 is 0 Å². The third-order valence-corrected chi connectivity index (χ3v) is 4.56. The second-order valence-corrected chi connectivity index (χ2v) is 6.86. The van der Waals surface area contributed by atoms with Gasteiger partial charge in [-0.15, -0.1) is 0 Å². The SMILES string of the molecule is CSCC[C@H]1NC(=O)N(CC(=O)NCCc2ccc(Cl)cc2)C1=O. The highest BCUT2D eigenvalue weighted by Crippen LogP contribution is 2.12. The highest BCUT2D eigenvalue weighted by atomic mass is 35.5. The topological polar surface area (TPSA) is 78.5 Å². The Morgan fingerprint density at radius 1 is 1.33 bits per heavy atom. The molecule has 0 radical (unpaired) electrons. The van der Waals surface area contributed by atoms with E-state index in [-0.39, 0.29) is 18.4 Å². The fourth-order valence-corrected chi connectivity index (χ4v) is 2.95. The predicted octanol–water partition coefficient (Wildman–Crippen LogP) is 1.67. The molecule has 130 valence electrons.